The highest BCUT2D eigenvalue weighted by Gasteiger charge is 2.34. The average Bonchev–Trinajstić information content (AvgIpc) is 3.50. The van der Waals surface area contributed by atoms with Crippen LogP contribution in [-0.4, -0.2) is 18.4 Å². The van der Waals surface area contributed by atoms with Gasteiger partial charge in [-0.15, -0.1) is 0 Å². The van der Waals surface area contributed by atoms with Crippen molar-refractivity contribution < 1.29 is 14.0 Å². The molecule has 2 amide bonds. The predicted molar refractivity (Wildman–Crippen MR) is 104 cm³/mol. The number of carbonyl (C=O) groups excluding carboxylic acids is 2. The number of hydrogen-bond acceptors (Lipinski definition) is 2. The maximum absolute atomic E-state index is 13.5. The Bertz CT molecular complexity index is 800. The molecule has 0 atom stereocenters. The molecule has 1 aliphatic carbocycles. The zero-order chi connectivity index (χ0) is 19.2. The van der Waals surface area contributed by atoms with E-state index in [1.807, 2.05) is 37.3 Å². The minimum absolute atomic E-state index is 0.00438. The normalized spacial score (nSPS) is 13.3. The smallest absolute Gasteiger partial charge is 0.230 e. The molecule has 0 spiro atoms. The Balaban J connectivity index is 1.74. The van der Waals surface area contributed by atoms with Gasteiger partial charge in [0.1, 0.15) is 5.82 Å². The molecule has 1 fully saturated rings. The first kappa shape index (κ1) is 19.1. The van der Waals surface area contributed by atoms with Gasteiger partial charge in [-0.25, -0.2) is 4.39 Å². The van der Waals surface area contributed by atoms with Crippen molar-refractivity contribution >= 4 is 17.5 Å². The molecule has 2 aromatic rings. The Morgan fingerprint density at radius 1 is 1.11 bits per heavy atom. The summed E-state index contributed by atoms with van der Waals surface area (Å²) in [6.45, 7) is 3.02. The van der Waals surface area contributed by atoms with E-state index in [9.17, 15) is 14.0 Å². The minimum Gasteiger partial charge on any atom is -0.356 e. The van der Waals surface area contributed by atoms with Gasteiger partial charge in [0.25, 0.3) is 0 Å². The van der Waals surface area contributed by atoms with E-state index in [2.05, 4.69) is 5.32 Å². The Hall–Kier alpha value is -2.69. The SMILES string of the molecule is CCCNC(=O)Cc1ccc(N(Cc2cccc(F)c2)C(=O)C2CC2)cc1. The fourth-order valence-corrected chi connectivity index (χ4v) is 2.97. The molecule has 0 aromatic heterocycles. The number of benzene rings is 2. The highest BCUT2D eigenvalue weighted by molar-refractivity contribution is 5.96. The van der Waals surface area contributed by atoms with Gasteiger partial charge in [0.2, 0.25) is 11.8 Å². The predicted octanol–water partition coefficient (Wildman–Crippen LogP) is 3.84. The van der Waals surface area contributed by atoms with Crippen LogP contribution in [0.4, 0.5) is 10.1 Å². The largest absolute Gasteiger partial charge is 0.356 e. The van der Waals surface area contributed by atoms with Crippen molar-refractivity contribution in [1.29, 1.82) is 0 Å². The lowest BCUT2D eigenvalue weighted by molar-refractivity contribution is -0.121. The molecule has 3 rings (SSSR count). The monoisotopic (exact) mass is 368 g/mol. The molecule has 27 heavy (non-hydrogen) atoms. The second-order valence-electron chi connectivity index (χ2n) is 7.02. The van der Waals surface area contributed by atoms with Gasteiger partial charge >= 0.3 is 0 Å². The van der Waals surface area contributed by atoms with Gasteiger partial charge in [0, 0.05) is 18.2 Å². The van der Waals surface area contributed by atoms with Crippen LogP contribution < -0.4 is 10.2 Å². The quantitative estimate of drug-likeness (QED) is 0.770. The van der Waals surface area contributed by atoms with Crippen LogP contribution in [0.25, 0.3) is 0 Å². The lowest BCUT2D eigenvalue weighted by Gasteiger charge is -2.23. The summed E-state index contributed by atoms with van der Waals surface area (Å²) in [5.41, 5.74) is 2.43. The van der Waals surface area contributed by atoms with Crippen LogP contribution in [0.1, 0.15) is 37.3 Å². The second kappa shape index (κ2) is 8.80. The summed E-state index contributed by atoms with van der Waals surface area (Å²) in [4.78, 5) is 26.3. The van der Waals surface area contributed by atoms with E-state index in [1.54, 1.807) is 11.0 Å². The zero-order valence-corrected chi connectivity index (χ0v) is 15.6. The molecule has 1 aliphatic rings. The minimum atomic E-state index is -0.306. The number of anilines is 1. The number of nitrogens with zero attached hydrogens (tertiary/aromatic N) is 1. The Morgan fingerprint density at radius 3 is 2.48 bits per heavy atom. The number of nitrogens with one attached hydrogen (secondary N) is 1. The van der Waals surface area contributed by atoms with Crippen LogP contribution in [0.3, 0.4) is 0 Å². The van der Waals surface area contributed by atoms with Gasteiger partial charge in [-0.3, -0.25) is 9.59 Å². The number of rotatable bonds is 8. The summed E-state index contributed by atoms with van der Waals surface area (Å²) in [5, 5.41) is 2.86. The van der Waals surface area contributed by atoms with Crippen LogP contribution in [-0.2, 0) is 22.6 Å². The van der Waals surface area contributed by atoms with E-state index in [4.69, 9.17) is 0 Å². The van der Waals surface area contributed by atoms with Gasteiger partial charge in [-0.05, 0) is 54.7 Å². The van der Waals surface area contributed by atoms with Crippen LogP contribution in [0.5, 0.6) is 0 Å². The molecule has 0 bridgehead atoms. The van der Waals surface area contributed by atoms with Gasteiger partial charge < -0.3 is 10.2 Å². The van der Waals surface area contributed by atoms with E-state index in [-0.39, 0.29) is 23.5 Å². The van der Waals surface area contributed by atoms with E-state index < -0.39 is 0 Å². The van der Waals surface area contributed by atoms with E-state index >= 15 is 0 Å². The molecule has 0 saturated heterocycles. The van der Waals surface area contributed by atoms with E-state index in [0.717, 1.165) is 36.1 Å². The molecule has 0 aliphatic heterocycles. The van der Waals surface area contributed by atoms with E-state index in [1.165, 1.54) is 12.1 Å². The summed E-state index contributed by atoms with van der Waals surface area (Å²) in [7, 11) is 0. The van der Waals surface area contributed by atoms with Crippen LogP contribution in [0, 0.1) is 11.7 Å². The molecule has 0 unspecified atom stereocenters. The molecule has 1 N–H and O–H groups in total. The third kappa shape index (κ3) is 5.39. The highest BCUT2D eigenvalue weighted by atomic mass is 19.1. The van der Waals surface area contributed by atoms with Gasteiger partial charge in [0.15, 0.2) is 0 Å². The number of carbonyl (C=O) groups is 2. The molecular weight excluding hydrogens is 343 g/mol. The Morgan fingerprint density at radius 2 is 1.85 bits per heavy atom. The lowest BCUT2D eigenvalue weighted by atomic mass is 10.1. The van der Waals surface area contributed by atoms with Crippen molar-refractivity contribution in [2.24, 2.45) is 5.92 Å². The fourth-order valence-electron chi connectivity index (χ4n) is 2.97. The van der Waals surface area contributed by atoms with Crippen LogP contribution in [0.15, 0.2) is 48.5 Å². The molecule has 142 valence electrons. The Labute approximate surface area is 159 Å². The molecular formula is C22H25FN2O2. The van der Waals surface area contributed by atoms with Crippen LogP contribution >= 0.6 is 0 Å². The molecule has 4 nitrogen and oxygen atoms in total. The summed E-state index contributed by atoms with van der Waals surface area (Å²) in [6.07, 6.45) is 3.05. The van der Waals surface area contributed by atoms with Crippen molar-refractivity contribution in [3.05, 3.63) is 65.5 Å². The lowest BCUT2D eigenvalue weighted by Crippen LogP contribution is -2.31. The first-order valence-corrected chi connectivity index (χ1v) is 9.48. The first-order chi connectivity index (χ1) is 13.1. The maximum Gasteiger partial charge on any atom is 0.230 e. The van der Waals surface area contributed by atoms with Crippen molar-refractivity contribution in [3.8, 4) is 0 Å². The summed E-state index contributed by atoms with van der Waals surface area (Å²) >= 11 is 0. The highest BCUT2D eigenvalue weighted by Crippen LogP contribution is 2.33. The first-order valence-electron chi connectivity index (χ1n) is 9.48. The van der Waals surface area contributed by atoms with Gasteiger partial charge in [-0.2, -0.15) is 0 Å². The van der Waals surface area contributed by atoms with Crippen molar-refractivity contribution in [2.45, 2.75) is 39.2 Å². The maximum atomic E-state index is 13.5. The summed E-state index contributed by atoms with van der Waals surface area (Å²) in [5.74, 6) is -0.166. The molecule has 0 heterocycles. The van der Waals surface area contributed by atoms with Crippen LogP contribution in [0.2, 0.25) is 0 Å². The van der Waals surface area contributed by atoms with Crippen molar-refractivity contribution in [2.75, 3.05) is 11.4 Å². The Kier molecular flexibility index (Phi) is 6.22. The third-order valence-corrected chi connectivity index (χ3v) is 4.61. The average molecular weight is 368 g/mol. The molecule has 1 saturated carbocycles. The summed E-state index contributed by atoms with van der Waals surface area (Å²) in [6, 6.07) is 13.8. The topological polar surface area (TPSA) is 49.4 Å². The molecule has 5 heteroatoms. The zero-order valence-electron chi connectivity index (χ0n) is 15.6. The second-order valence-corrected chi connectivity index (χ2v) is 7.02. The summed E-state index contributed by atoms with van der Waals surface area (Å²) < 4.78 is 13.5. The standard InChI is InChI=1S/C22H25FN2O2/c1-2-12-24-21(26)14-16-6-10-20(11-7-16)25(22(27)18-8-9-18)15-17-4-3-5-19(23)13-17/h3-7,10-11,13,18H,2,8-9,12,14-15H2,1H3,(H,24,26). The third-order valence-electron chi connectivity index (χ3n) is 4.61. The van der Waals surface area contributed by atoms with Crippen molar-refractivity contribution in [3.63, 3.8) is 0 Å². The molecule has 0 radical (unpaired) electrons. The number of halogens is 1. The van der Waals surface area contributed by atoms with Gasteiger partial charge in [-0.1, -0.05) is 31.2 Å². The number of hydrogen-bond donors (Lipinski definition) is 1. The fraction of sp³-hybridized carbons (Fsp3) is 0.364. The van der Waals surface area contributed by atoms with E-state index in [0.29, 0.717) is 19.5 Å². The number of amides is 2. The van der Waals surface area contributed by atoms with Gasteiger partial charge in [0.05, 0.1) is 13.0 Å². The van der Waals surface area contributed by atoms with Crippen molar-refractivity contribution in [1.82, 2.24) is 5.32 Å². The molecule has 2 aromatic carbocycles.